The number of rotatable bonds is 6. The van der Waals surface area contributed by atoms with E-state index in [9.17, 15) is 13.6 Å². The Bertz CT molecular complexity index is 418. The highest BCUT2D eigenvalue weighted by molar-refractivity contribution is 5.97. The lowest BCUT2D eigenvalue weighted by atomic mass is 9.93. The van der Waals surface area contributed by atoms with Crippen LogP contribution in [0.1, 0.15) is 43.5 Å². The van der Waals surface area contributed by atoms with Crippen LogP contribution in [0.3, 0.4) is 0 Å². The lowest BCUT2D eigenvalue weighted by Gasteiger charge is -2.11. The summed E-state index contributed by atoms with van der Waals surface area (Å²) in [5.41, 5.74) is 5.85. The zero-order chi connectivity index (χ0) is 13.7. The zero-order valence-electron chi connectivity index (χ0n) is 10.7. The van der Waals surface area contributed by atoms with Gasteiger partial charge in [0.1, 0.15) is 0 Å². The van der Waals surface area contributed by atoms with Gasteiger partial charge in [0, 0.05) is 17.5 Å². The van der Waals surface area contributed by atoms with E-state index in [0.717, 1.165) is 25.0 Å². The van der Waals surface area contributed by atoms with Gasteiger partial charge in [-0.3, -0.25) is 4.79 Å². The largest absolute Gasteiger partial charge is 0.328 e. The maximum atomic E-state index is 13.0. The predicted molar refractivity (Wildman–Crippen MR) is 67.4 cm³/mol. The number of carbonyl (C=O) groups excluding carboxylic acids is 1. The van der Waals surface area contributed by atoms with Gasteiger partial charge < -0.3 is 5.73 Å². The molecule has 100 valence electrons. The van der Waals surface area contributed by atoms with Gasteiger partial charge in [0.15, 0.2) is 17.4 Å². The van der Waals surface area contributed by atoms with E-state index in [4.69, 9.17) is 5.73 Å². The monoisotopic (exact) mass is 255 g/mol. The lowest BCUT2D eigenvalue weighted by Crippen LogP contribution is -2.16. The first-order valence-electron chi connectivity index (χ1n) is 6.16. The molecule has 0 amide bonds. The van der Waals surface area contributed by atoms with Crippen LogP contribution in [-0.2, 0) is 0 Å². The average molecular weight is 255 g/mol. The molecule has 1 aromatic carbocycles. The Morgan fingerprint density at radius 1 is 1.22 bits per heavy atom. The molecule has 0 bridgehead atoms. The van der Waals surface area contributed by atoms with E-state index in [2.05, 4.69) is 0 Å². The molecule has 0 aliphatic heterocycles. The van der Waals surface area contributed by atoms with Crippen molar-refractivity contribution in [2.24, 2.45) is 11.7 Å². The summed E-state index contributed by atoms with van der Waals surface area (Å²) >= 11 is 0. The molecule has 0 aromatic heterocycles. The topological polar surface area (TPSA) is 43.1 Å². The van der Waals surface area contributed by atoms with E-state index in [1.54, 1.807) is 6.92 Å². The molecule has 2 atom stereocenters. The standard InChI is InChI=1S/C14H19F2NO/c1-9(4-3-5-10(2)17)14(18)11-6-7-12(15)13(16)8-11/h6-10H,3-5,17H2,1-2H3. The summed E-state index contributed by atoms with van der Waals surface area (Å²) in [4.78, 5) is 12.0. The fourth-order valence-corrected chi connectivity index (χ4v) is 1.81. The van der Waals surface area contributed by atoms with E-state index in [0.29, 0.717) is 6.42 Å². The Hall–Kier alpha value is -1.29. The third kappa shape index (κ3) is 4.18. The fourth-order valence-electron chi connectivity index (χ4n) is 1.81. The first kappa shape index (κ1) is 14.8. The Balaban J connectivity index is 2.60. The van der Waals surface area contributed by atoms with Crippen molar-refractivity contribution in [3.8, 4) is 0 Å². The normalized spacial score (nSPS) is 14.3. The number of Topliss-reactive ketones (excluding diaryl/α,β-unsaturated/α-hetero) is 1. The minimum atomic E-state index is -0.983. The molecule has 0 saturated carbocycles. The van der Waals surface area contributed by atoms with Crippen molar-refractivity contribution in [3.05, 3.63) is 35.4 Å². The maximum absolute atomic E-state index is 13.0. The van der Waals surface area contributed by atoms with Gasteiger partial charge in [-0.1, -0.05) is 13.3 Å². The van der Waals surface area contributed by atoms with Gasteiger partial charge in [0.05, 0.1) is 0 Å². The Labute approximate surface area is 106 Å². The van der Waals surface area contributed by atoms with E-state index >= 15 is 0 Å². The average Bonchev–Trinajstić information content (AvgIpc) is 2.31. The van der Waals surface area contributed by atoms with Crippen LogP contribution >= 0.6 is 0 Å². The summed E-state index contributed by atoms with van der Waals surface area (Å²) in [6.45, 7) is 3.71. The van der Waals surface area contributed by atoms with Crippen molar-refractivity contribution in [1.82, 2.24) is 0 Å². The second kappa shape index (κ2) is 6.59. The van der Waals surface area contributed by atoms with Crippen LogP contribution in [0, 0.1) is 17.6 Å². The van der Waals surface area contributed by atoms with Gasteiger partial charge in [-0.15, -0.1) is 0 Å². The van der Waals surface area contributed by atoms with Crippen LogP contribution in [0.25, 0.3) is 0 Å². The molecule has 18 heavy (non-hydrogen) atoms. The van der Waals surface area contributed by atoms with E-state index in [-0.39, 0.29) is 23.3 Å². The van der Waals surface area contributed by atoms with Crippen LogP contribution in [0.15, 0.2) is 18.2 Å². The van der Waals surface area contributed by atoms with Crippen molar-refractivity contribution in [3.63, 3.8) is 0 Å². The maximum Gasteiger partial charge on any atom is 0.165 e. The SMILES string of the molecule is CC(N)CCCC(C)C(=O)c1ccc(F)c(F)c1. The number of carbonyl (C=O) groups is 1. The molecule has 0 spiro atoms. The minimum absolute atomic E-state index is 0.121. The summed E-state index contributed by atoms with van der Waals surface area (Å²) in [6, 6.07) is 3.38. The van der Waals surface area contributed by atoms with Crippen molar-refractivity contribution in [2.45, 2.75) is 39.2 Å². The van der Waals surface area contributed by atoms with E-state index in [1.807, 2.05) is 6.92 Å². The van der Waals surface area contributed by atoms with Crippen LogP contribution in [-0.4, -0.2) is 11.8 Å². The summed E-state index contributed by atoms with van der Waals surface area (Å²) in [6.07, 6.45) is 2.42. The Morgan fingerprint density at radius 3 is 2.44 bits per heavy atom. The number of halogens is 2. The smallest absolute Gasteiger partial charge is 0.165 e. The van der Waals surface area contributed by atoms with Gasteiger partial charge in [-0.2, -0.15) is 0 Å². The number of nitrogens with two attached hydrogens (primary N) is 1. The van der Waals surface area contributed by atoms with Crippen molar-refractivity contribution >= 4 is 5.78 Å². The molecule has 0 aliphatic carbocycles. The highest BCUT2D eigenvalue weighted by atomic mass is 19.2. The number of hydrogen-bond acceptors (Lipinski definition) is 2. The highest BCUT2D eigenvalue weighted by Gasteiger charge is 2.16. The number of hydrogen-bond donors (Lipinski definition) is 1. The van der Waals surface area contributed by atoms with Crippen molar-refractivity contribution < 1.29 is 13.6 Å². The molecule has 0 heterocycles. The second-order valence-corrected chi connectivity index (χ2v) is 4.80. The van der Waals surface area contributed by atoms with Crippen molar-refractivity contribution in [2.75, 3.05) is 0 Å². The first-order valence-corrected chi connectivity index (χ1v) is 6.16. The summed E-state index contributed by atoms with van der Waals surface area (Å²) in [5, 5.41) is 0. The number of ketones is 1. The number of benzene rings is 1. The summed E-state index contributed by atoms with van der Waals surface area (Å²) in [7, 11) is 0. The van der Waals surface area contributed by atoms with Crippen LogP contribution < -0.4 is 5.73 Å². The van der Waals surface area contributed by atoms with Gasteiger partial charge >= 0.3 is 0 Å². The summed E-state index contributed by atoms with van der Waals surface area (Å²) < 4.78 is 25.8. The second-order valence-electron chi connectivity index (χ2n) is 4.80. The minimum Gasteiger partial charge on any atom is -0.328 e. The molecule has 2 N–H and O–H groups in total. The van der Waals surface area contributed by atoms with E-state index in [1.165, 1.54) is 6.07 Å². The highest BCUT2D eigenvalue weighted by Crippen LogP contribution is 2.17. The molecule has 2 nitrogen and oxygen atoms in total. The molecule has 1 aromatic rings. The van der Waals surface area contributed by atoms with Crippen molar-refractivity contribution in [1.29, 1.82) is 0 Å². The first-order chi connectivity index (χ1) is 8.41. The summed E-state index contributed by atoms with van der Waals surface area (Å²) in [5.74, 6) is -2.27. The van der Waals surface area contributed by atoms with Gasteiger partial charge in [0.25, 0.3) is 0 Å². The Kier molecular flexibility index (Phi) is 5.41. The molecule has 0 radical (unpaired) electrons. The van der Waals surface area contributed by atoms with Gasteiger partial charge in [-0.05, 0) is 38.0 Å². The van der Waals surface area contributed by atoms with Crippen LogP contribution in [0.5, 0.6) is 0 Å². The van der Waals surface area contributed by atoms with Gasteiger partial charge in [-0.25, -0.2) is 8.78 Å². The van der Waals surface area contributed by atoms with Crippen LogP contribution in [0.2, 0.25) is 0 Å². The molecule has 1 rings (SSSR count). The third-order valence-electron chi connectivity index (χ3n) is 2.95. The fraction of sp³-hybridized carbons (Fsp3) is 0.500. The quantitative estimate of drug-likeness (QED) is 0.792. The lowest BCUT2D eigenvalue weighted by molar-refractivity contribution is 0.0921. The van der Waals surface area contributed by atoms with Crippen LogP contribution in [0.4, 0.5) is 8.78 Å². The zero-order valence-corrected chi connectivity index (χ0v) is 10.7. The molecule has 0 fully saturated rings. The molecular weight excluding hydrogens is 236 g/mol. The molecule has 2 unspecified atom stereocenters. The molecule has 0 saturated heterocycles. The molecular formula is C14H19F2NO. The third-order valence-corrected chi connectivity index (χ3v) is 2.95. The molecule has 0 aliphatic rings. The predicted octanol–water partition coefficient (Wildman–Crippen LogP) is 3.30. The van der Waals surface area contributed by atoms with Gasteiger partial charge in [0.2, 0.25) is 0 Å². The van der Waals surface area contributed by atoms with E-state index < -0.39 is 11.6 Å². The Morgan fingerprint density at radius 2 is 1.89 bits per heavy atom. The molecule has 4 heteroatoms.